The molecule has 0 fully saturated rings. The van der Waals surface area contributed by atoms with Crippen molar-refractivity contribution >= 4 is 23.9 Å². The number of benzene rings is 1. The molecule has 1 atom stereocenters. The van der Waals surface area contributed by atoms with Gasteiger partial charge in [0.1, 0.15) is 11.2 Å². The summed E-state index contributed by atoms with van der Waals surface area (Å²) >= 11 is 0. The molecule has 4 N–H and O–H groups in total. The van der Waals surface area contributed by atoms with Crippen molar-refractivity contribution in [2.24, 2.45) is 4.99 Å². The number of aromatic nitrogens is 2. The summed E-state index contributed by atoms with van der Waals surface area (Å²) in [6.45, 7) is 20.4. The number of carbonyl (C=O) groups excluding carboxylic acids is 3. The molecule has 232 valence electrons. The van der Waals surface area contributed by atoms with Crippen molar-refractivity contribution in [3.63, 3.8) is 0 Å². The van der Waals surface area contributed by atoms with Gasteiger partial charge in [0, 0.05) is 18.4 Å². The predicted octanol–water partition coefficient (Wildman–Crippen LogP) is 5.27. The number of aromatic amines is 1. The molecule has 0 aliphatic heterocycles. The number of aryl methyl sites for hydroxylation is 3. The van der Waals surface area contributed by atoms with Crippen LogP contribution in [0.4, 0.5) is 9.59 Å². The molecule has 0 radical (unpaired) electrons. The SMILES string of the molecule is Cc1cnc(C(=O)C(CCCN=C(NOc2c(C)cc(C)c(C)c2C)NC(=O)OC(C)(C)C)NC(=O)OC(C)(C)C)[nH]1. The first-order chi connectivity index (χ1) is 19.4. The van der Waals surface area contributed by atoms with E-state index in [4.69, 9.17) is 14.3 Å². The maximum Gasteiger partial charge on any atom is 0.414 e. The summed E-state index contributed by atoms with van der Waals surface area (Å²) in [5.41, 5.74) is 6.13. The number of hydroxylamine groups is 1. The Kier molecular flexibility index (Phi) is 11.5. The van der Waals surface area contributed by atoms with Crippen molar-refractivity contribution in [1.82, 2.24) is 26.1 Å². The number of imidazole rings is 1. The van der Waals surface area contributed by atoms with Gasteiger partial charge in [-0.25, -0.2) is 14.6 Å². The highest BCUT2D eigenvalue weighted by molar-refractivity contribution is 5.98. The second-order valence-corrected chi connectivity index (χ2v) is 12.3. The minimum Gasteiger partial charge on any atom is -0.444 e. The number of guanidine groups is 1. The first kappa shape index (κ1) is 34.1. The van der Waals surface area contributed by atoms with Crippen molar-refractivity contribution in [2.45, 2.75) is 106 Å². The highest BCUT2D eigenvalue weighted by Gasteiger charge is 2.27. The van der Waals surface area contributed by atoms with Gasteiger partial charge in [-0.1, -0.05) is 6.07 Å². The number of amides is 2. The van der Waals surface area contributed by atoms with E-state index < -0.39 is 29.4 Å². The second kappa shape index (κ2) is 14.2. The fraction of sp³-hybridized carbons (Fsp3) is 0.567. The fourth-order valence-corrected chi connectivity index (χ4v) is 3.92. The van der Waals surface area contributed by atoms with Gasteiger partial charge < -0.3 is 24.6 Å². The van der Waals surface area contributed by atoms with Crippen molar-refractivity contribution in [1.29, 1.82) is 0 Å². The molecule has 0 aliphatic rings. The normalized spacial score (nSPS) is 12.8. The number of aliphatic imine (C=N–C) groups is 1. The summed E-state index contributed by atoms with van der Waals surface area (Å²) in [5.74, 6) is 0.411. The number of hydrogen-bond donors (Lipinski definition) is 4. The molecule has 12 heteroatoms. The summed E-state index contributed by atoms with van der Waals surface area (Å²) in [6.07, 6.45) is 0.723. The van der Waals surface area contributed by atoms with E-state index in [1.807, 2.05) is 33.8 Å². The van der Waals surface area contributed by atoms with E-state index in [2.05, 4.69) is 31.1 Å². The molecular weight excluding hydrogens is 540 g/mol. The number of hydrogen-bond acceptors (Lipinski definition) is 8. The standard InChI is InChI=1S/C30H46N6O6/c1-17-15-18(2)24(21(5)20(17)4)42-36-26(35-28(39)41-30(9,10)11)31-14-12-13-22(34-27(38)40-29(6,7)8)23(37)25-32-16-19(3)33-25/h15-16,22H,12-14H2,1-11H3,(H,32,33)(H,34,38)(H2,31,35,36,39). The number of alkyl carbamates (subject to hydrolysis) is 2. The van der Waals surface area contributed by atoms with Crippen LogP contribution < -0.4 is 21.0 Å². The Morgan fingerprint density at radius 3 is 2.12 bits per heavy atom. The number of H-pyrrole nitrogens is 1. The average Bonchev–Trinajstić information content (AvgIpc) is 3.27. The zero-order chi connectivity index (χ0) is 31.8. The smallest absolute Gasteiger partial charge is 0.414 e. The number of carbonyl (C=O) groups is 3. The Morgan fingerprint density at radius 2 is 1.55 bits per heavy atom. The van der Waals surface area contributed by atoms with Crippen LogP contribution in [0.5, 0.6) is 5.75 Å². The van der Waals surface area contributed by atoms with E-state index in [9.17, 15) is 14.4 Å². The number of ether oxygens (including phenoxy) is 2. The third-order valence-corrected chi connectivity index (χ3v) is 6.02. The molecule has 1 unspecified atom stereocenters. The van der Waals surface area contributed by atoms with Crippen LogP contribution in [0.15, 0.2) is 17.3 Å². The van der Waals surface area contributed by atoms with Gasteiger partial charge in [-0.05, 0) is 111 Å². The molecule has 12 nitrogen and oxygen atoms in total. The number of Topliss-reactive ketones (excluding diaryl/α,β-unsaturated/α-hetero) is 1. The van der Waals surface area contributed by atoms with E-state index in [0.29, 0.717) is 12.2 Å². The number of ketones is 1. The molecule has 0 bridgehead atoms. The van der Waals surface area contributed by atoms with Crippen LogP contribution in [0.3, 0.4) is 0 Å². The number of nitrogens with one attached hydrogen (secondary N) is 4. The first-order valence-corrected chi connectivity index (χ1v) is 14.0. The number of nitrogens with zero attached hydrogens (tertiary/aromatic N) is 2. The monoisotopic (exact) mass is 586 g/mol. The molecular formula is C30H46N6O6. The summed E-state index contributed by atoms with van der Waals surface area (Å²) in [4.78, 5) is 55.5. The van der Waals surface area contributed by atoms with E-state index in [-0.39, 0.29) is 30.5 Å². The zero-order valence-electron chi connectivity index (χ0n) is 26.7. The lowest BCUT2D eigenvalue weighted by molar-refractivity contribution is 0.0486. The molecule has 1 aromatic heterocycles. The predicted molar refractivity (Wildman–Crippen MR) is 161 cm³/mol. The highest BCUT2D eigenvalue weighted by Crippen LogP contribution is 2.27. The molecule has 0 aliphatic carbocycles. The van der Waals surface area contributed by atoms with Gasteiger partial charge in [0.25, 0.3) is 0 Å². The minimum atomic E-state index is -0.909. The van der Waals surface area contributed by atoms with Crippen molar-refractivity contribution < 1.29 is 28.7 Å². The lowest BCUT2D eigenvalue weighted by atomic mass is 10.00. The first-order valence-electron chi connectivity index (χ1n) is 14.0. The van der Waals surface area contributed by atoms with Gasteiger partial charge in [-0.2, -0.15) is 5.48 Å². The van der Waals surface area contributed by atoms with Gasteiger partial charge in [0.2, 0.25) is 11.7 Å². The van der Waals surface area contributed by atoms with Crippen LogP contribution in [0.2, 0.25) is 0 Å². The van der Waals surface area contributed by atoms with Crippen LogP contribution in [0, 0.1) is 34.6 Å². The lowest BCUT2D eigenvalue weighted by Crippen LogP contribution is -2.45. The molecule has 2 amide bonds. The third kappa shape index (κ3) is 11.1. The Labute approximate surface area is 248 Å². The Morgan fingerprint density at radius 1 is 0.929 bits per heavy atom. The average molecular weight is 587 g/mol. The maximum atomic E-state index is 13.1. The van der Waals surface area contributed by atoms with Crippen LogP contribution in [-0.4, -0.2) is 57.7 Å². The molecule has 0 saturated heterocycles. The number of rotatable bonds is 9. The van der Waals surface area contributed by atoms with E-state index in [1.165, 1.54) is 0 Å². The van der Waals surface area contributed by atoms with Gasteiger partial charge in [-0.15, -0.1) is 0 Å². The third-order valence-electron chi connectivity index (χ3n) is 6.02. The van der Waals surface area contributed by atoms with Gasteiger partial charge in [0.05, 0.1) is 6.04 Å². The molecule has 1 aromatic carbocycles. The van der Waals surface area contributed by atoms with E-state index >= 15 is 0 Å². The Hall–Kier alpha value is -4.09. The molecule has 0 saturated carbocycles. The molecule has 1 heterocycles. The molecule has 2 rings (SSSR count). The topological polar surface area (TPSA) is 156 Å². The fourth-order valence-electron chi connectivity index (χ4n) is 3.92. The second-order valence-electron chi connectivity index (χ2n) is 12.3. The minimum absolute atomic E-state index is 0.0333. The maximum absolute atomic E-state index is 13.1. The zero-order valence-corrected chi connectivity index (χ0v) is 26.7. The van der Waals surface area contributed by atoms with Crippen molar-refractivity contribution in [3.05, 3.63) is 46.0 Å². The van der Waals surface area contributed by atoms with Crippen molar-refractivity contribution in [2.75, 3.05) is 6.54 Å². The molecule has 2 aromatic rings. The Bertz CT molecular complexity index is 1300. The van der Waals surface area contributed by atoms with Gasteiger partial charge in [-0.3, -0.25) is 15.1 Å². The summed E-state index contributed by atoms with van der Waals surface area (Å²) in [6, 6.07) is 1.11. The highest BCUT2D eigenvalue weighted by atomic mass is 16.7. The van der Waals surface area contributed by atoms with E-state index in [0.717, 1.165) is 27.9 Å². The quantitative estimate of drug-likeness (QED) is 0.102. The molecule has 0 spiro atoms. The summed E-state index contributed by atoms with van der Waals surface area (Å²) in [5, 5.41) is 5.23. The van der Waals surface area contributed by atoms with Crippen LogP contribution in [0.1, 0.15) is 93.0 Å². The van der Waals surface area contributed by atoms with Crippen LogP contribution in [-0.2, 0) is 9.47 Å². The lowest BCUT2D eigenvalue weighted by Gasteiger charge is -2.23. The summed E-state index contributed by atoms with van der Waals surface area (Å²) < 4.78 is 10.7. The van der Waals surface area contributed by atoms with Gasteiger partial charge >= 0.3 is 12.2 Å². The van der Waals surface area contributed by atoms with E-state index in [1.54, 1.807) is 54.7 Å². The molecule has 42 heavy (non-hydrogen) atoms. The van der Waals surface area contributed by atoms with Crippen molar-refractivity contribution in [3.8, 4) is 5.75 Å². The summed E-state index contributed by atoms with van der Waals surface area (Å²) in [7, 11) is 0. The Balaban J connectivity index is 2.19. The van der Waals surface area contributed by atoms with Gasteiger partial charge in [0.15, 0.2) is 11.6 Å². The van der Waals surface area contributed by atoms with Crippen LogP contribution >= 0.6 is 0 Å². The van der Waals surface area contributed by atoms with Crippen LogP contribution in [0.25, 0.3) is 0 Å². The largest absolute Gasteiger partial charge is 0.444 e.